The Bertz CT molecular complexity index is 830. The Morgan fingerprint density at radius 3 is 2.59 bits per heavy atom. The van der Waals surface area contributed by atoms with Crippen LogP contribution in [0.2, 0.25) is 0 Å². The van der Waals surface area contributed by atoms with Gasteiger partial charge in [0.2, 0.25) is 5.91 Å². The van der Waals surface area contributed by atoms with Gasteiger partial charge in [-0.15, -0.1) is 0 Å². The molecule has 4 nitrogen and oxygen atoms in total. The Hall–Kier alpha value is -2.69. The van der Waals surface area contributed by atoms with Gasteiger partial charge in [-0.2, -0.15) is 0 Å². The van der Waals surface area contributed by atoms with Gasteiger partial charge in [-0.25, -0.2) is 4.39 Å². The number of oxime groups is 1. The summed E-state index contributed by atoms with van der Waals surface area (Å²) in [6.45, 7) is 6.34. The minimum Gasteiger partial charge on any atom is -0.390 e. The lowest BCUT2D eigenvalue weighted by Crippen LogP contribution is -2.39. The van der Waals surface area contributed by atoms with E-state index >= 15 is 0 Å². The van der Waals surface area contributed by atoms with E-state index in [1.165, 1.54) is 11.6 Å². The largest absolute Gasteiger partial charge is 0.390 e. The van der Waals surface area contributed by atoms with E-state index in [0.717, 1.165) is 11.3 Å². The number of carbonyl (C=O) groups is 1. The van der Waals surface area contributed by atoms with Crippen molar-refractivity contribution in [1.82, 2.24) is 4.90 Å². The van der Waals surface area contributed by atoms with Crippen LogP contribution in [-0.4, -0.2) is 29.2 Å². The second-order valence-corrected chi connectivity index (χ2v) is 7.30. The first-order chi connectivity index (χ1) is 12.9. The van der Waals surface area contributed by atoms with Crippen molar-refractivity contribution in [1.29, 1.82) is 0 Å². The van der Waals surface area contributed by atoms with E-state index in [4.69, 9.17) is 4.84 Å². The van der Waals surface area contributed by atoms with Crippen molar-refractivity contribution in [2.24, 2.45) is 11.1 Å². The molecule has 0 unspecified atom stereocenters. The zero-order valence-corrected chi connectivity index (χ0v) is 16.0. The van der Waals surface area contributed by atoms with E-state index in [1.807, 2.05) is 45.0 Å². The lowest BCUT2D eigenvalue weighted by atomic mass is 10.0. The molecule has 3 rings (SSSR count). The minimum absolute atomic E-state index is 0.0226. The standard InChI is InChI=1S/C22H25FN2O2/c1-15(2)22(26)25(13-18-6-4-5-7-20(18)23)14-19-12-21(24-27-19)17-10-8-16(3)9-11-17/h4-11,15,19H,12-14H2,1-3H3/t19-/m0/s1. The topological polar surface area (TPSA) is 41.9 Å². The van der Waals surface area contributed by atoms with Crippen molar-refractivity contribution in [2.75, 3.05) is 6.54 Å². The van der Waals surface area contributed by atoms with Gasteiger partial charge >= 0.3 is 0 Å². The summed E-state index contributed by atoms with van der Waals surface area (Å²) in [5.41, 5.74) is 3.60. The van der Waals surface area contributed by atoms with Crippen LogP contribution >= 0.6 is 0 Å². The van der Waals surface area contributed by atoms with Gasteiger partial charge in [0.1, 0.15) is 5.82 Å². The van der Waals surface area contributed by atoms with Crippen LogP contribution in [-0.2, 0) is 16.2 Å². The van der Waals surface area contributed by atoms with Crippen LogP contribution in [0, 0.1) is 18.7 Å². The Labute approximate surface area is 159 Å². The molecule has 27 heavy (non-hydrogen) atoms. The third kappa shape index (κ3) is 4.73. The van der Waals surface area contributed by atoms with Crippen LogP contribution in [0.3, 0.4) is 0 Å². The molecule has 0 fully saturated rings. The first kappa shape index (κ1) is 19.1. The van der Waals surface area contributed by atoms with E-state index in [9.17, 15) is 9.18 Å². The van der Waals surface area contributed by atoms with Gasteiger partial charge in [0, 0.05) is 24.4 Å². The van der Waals surface area contributed by atoms with E-state index in [-0.39, 0.29) is 30.3 Å². The Morgan fingerprint density at radius 1 is 1.22 bits per heavy atom. The summed E-state index contributed by atoms with van der Waals surface area (Å²) < 4.78 is 14.1. The number of rotatable bonds is 6. The van der Waals surface area contributed by atoms with Crippen LogP contribution in [0.4, 0.5) is 4.39 Å². The highest BCUT2D eigenvalue weighted by Gasteiger charge is 2.28. The maximum absolute atomic E-state index is 14.1. The lowest BCUT2D eigenvalue weighted by Gasteiger charge is -2.26. The molecule has 0 bridgehead atoms. The average molecular weight is 368 g/mol. The van der Waals surface area contributed by atoms with Gasteiger partial charge in [0.25, 0.3) is 0 Å². The number of aryl methyl sites for hydroxylation is 1. The molecule has 2 aromatic carbocycles. The van der Waals surface area contributed by atoms with Gasteiger partial charge in [0.15, 0.2) is 6.10 Å². The van der Waals surface area contributed by atoms with Gasteiger partial charge in [0.05, 0.1) is 12.3 Å². The summed E-state index contributed by atoms with van der Waals surface area (Å²) in [7, 11) is 0. The molecule has 1 atom stereocenters. The highest BCUT2D eigenvalue weighted by atomic mass is 19.1. The van der Waals surface area contributed by atoms with Crippen LogP contribution in [0.25, 0.3) is 0 Å². The van der Waals surface area contributed by atoms with Crippen molar-refractivity contribution < 1.29 is 14.0 Å². The molecule has 1 aliphatic rings. The molecule has 142 valence electrons. The molecule has 1 heterocycles. The van der Waals surface area contributed by atoms with Crippen LogP contribution in [0.15, 0.2) is 53.7 Å². The predicted octanol–water partition coefficient (Wildman–Crippen LogP) is 4.31. The molecule has 0 N–H and O–H groups in total. The fraction of sp³-hybridized carbons (Fsp3) is 0.364. The van der Waals surface area contributed by atoms with Gasteiger partial charge < -0.3 is 9.74 Å². The molecule has 0 saturated carbocycles. The maximum Gasteiger partial charge on any atom is 0.225 e. The van der Waals surface area contributed by atoms with E-state index in [2.05, 4.69) is 5.16 Å². The Balaban J connectivity index is 1.69. The Morgan fingerprint density at radius 2 is 1.93 bits per heavy atom. The zero-order valence-electron chi connectivity index (χ0n) is 16.0. The molecular weight excluding hydrogens is 343 g/mol. The molecule has 1 amide bonds. The normalized spacial score (nSPS) is 16.2. The van der Waals surface area contributed by atoms with Gasteiger partial charge in [-0.05, 0) is 18.6 Å². The molecule has 5 heteroatoms. The van der Waals surface area contributed by atoms with Gasteiger partial charge in [-0.1, -0.05) is 67.0 Å². The number of hydrogen-bond acceptors (Lipinski definition) is 3. The second-order valence-electron chi connectivity index (χ2n) is 7.30. The molecule has 0 aliphatic carbocycles. The van der Waals surface area contributed by atoms with Crippen LogP contribution in [0.5, 0.6) is 0 Å². The summed E-state index contributed by atoms with van der Waals surface area (Å²) >= 11 is 0. The fourth-order valence-electron chi connectivity index (χ4n) is 3.12. The van der Waals surface area contributed by atoms with Crippen molar-refractivity contribution >= 4 is 11.6 Å². The number of nitrogens with zero attached hydrogens (tertiary/aromatic N) is 2. The maximum atomic E-state index is 14.1. The number of benzene rings is 2. The SMILES string of the molecule is Cc1ccc(C2=NO[C@H](CN(Cc3ccccc3F)C(=O)C(C)C)C2)cc1. The first-order valence-electron chi connectivity index (χ1n) is 9.26. The van der Waals surface area contributed by atoms with Crippen LogP contribution < -0.4 is 0 Å². The highest BCUT2D eigenvalue weighted by molar-refractivity contribution is 6.01. The zero-order chi connectivity index (χ0) is 19.4. The quantitative estimate of drug-likeness (QED) is 0.762. The highest BCUT2D eigenvalue weighted by Crippen LogP contribution is 2.20. The molecule has 1 aliphatic heterocycles. The predicted molar refractivity (Wildman–Crippen MR) is 104 cm³/mol. The third-order valence-corrected chi connectivity index (χ3v) is 4.67. The summed E-state index contributed by atoms with van der Waals surface area (Å²) in [5, 5.41) is 4.20. The van der Waals surface area contributed by atoms with Crippen molar-refractivity contribution in [2.45, 2.75) is 39.8 Å². The van der Waals surface area contributed by atoms with Crippen molar-refractivity contribution in [3.8, 4) is 0 Å². The number of halogens is 1. The summed E-state index contributed by atoms with van der Waals surface area (Å²) in [6.07, 6.45) is 0.401. The molecule has 0 aromatic heterocycles. The van der Waals surface area contributed by atoms with E-state index < -0.39 is 0 Å². The molecule has 2 aromatic rings. The third-order valence-electron chi connectivity index (χ3n) is 4.67. The molecule has 0 saturated heterocycles. The fourth-order valence-corrected chi connectivity index (χ4v) is 3.12. The molecule has 0 radical (unpaired) electrons. The Kier molecular flexibility index (Phi) is 5.89. The second kappa shape index (κ2) is 8.33. The summed E-state index contributed by atoms with van der Waals surface area (Å²) in [5.74, 6) is -0.496. The first-order valence-corrected chi connectivity index (χ1v) is 9.26. The van der Waals surface area contributed by atoms with Crippen molar-refractivity contribution in [3.05, 3.63) is 71.0 Å². The number of amides is 1. The average Bonchev–Trinajstić information content (AvgIpc) is 3.11. The number of carbonyl (C=O) groups excluding carboxylic acids is 1. The molecule has 0 spiro atoms. The number of hydrogen-bond donors (Lipinski definition) is 0. The smallest absolute Gasteiger partial charge is 0.225 e. The van der Waals surface area contributed by atoms with E-state index in [1.54, 1.807) is 23.1 Å². The summed E-state index contributed by atoms with van der Waals surface area (Å²) in [4.78, 5) is 19.9. The van der Waals surface area contributed by atoms with Crippen LogP contribution in [0.1, 0.15) is 37.0 Å². The minimum atomic E-state index is -0.303. The summed E-state index contributed by atoms with van der Waals surface area (Å²) in [6, 6.07) is 14.7. The monoisotopic (exact) mass is 368 g/mol. The lowest BCUT2D eigenvalue weighted by molar-refractivity contribution is -0.137. The van der Waals surface area contributed by atoms with Crippen molar-refractivity contribution in [3.63, 3.8) is 0 Å². The van der Waals surface area contributed by atoms with Gasteiger partial charge in [-0.3, -0.25) is 4.79 Å². The van der Waals surface area contributed by atoms with E-state index in [0.29, 0.717) is 18.5 Å². The molecular formula is C22H25FN2O2.